The molecule has 1 saturated heterocycles. The Morgan fingerprint density at radius 1 is 1.10 bits per heavy atom. The Balaban J connectivity index is 1.30. The van der Waals surface area contributed by atoms with Gasteiger partial charge < -0.3 is 14.7 Å². The third-order valence-electron chi connectivity index (χ3n) is 8.70. The highest BCUT2D eigenvalue weighted by atomic mass is 127. The summed E-state index contributed by atoms with van der Waals surface area (Å²) in [6.07, 6.45) is 0.702. The quantitative estimate of drug-likeness (QED) is 0.225. The monoisotopic (exact) mass is 680 g/mol. The third-order valence-corrected chi connectivity index (χ3v) is 9.37. The SMILES string of the molecule is C[C@H]1[C@H](C(C)(C)F)[C@@H](CCn2cc([C@H](O)c3ccccc3)nn2)O[C@]12C(=O)N(Cc1ccccc1)c1ccc(I)cc12. The van der Waals surface area contributed by atoms with E-state index in [4.69, 9.17) is 4.74 Å². The Morgan fingerprint density at radius 3 is 2.48 bits per heavy atom. The average Bonchev–Trinajstić information content (AvgIpc) is 3.63. The van der Waals surface area contributed by atoms with E-state index in [9.17, 15) is 9.90 Å². The van der Waals surface area contributed by atoms with E-state index in [0.717, 1.165) is 25.9 Å². The first-order valence-corrected chi connectivity index (χ1v) is 15.3. The zero-order valence-corrected chi connectivity index (χ0v) is 26.0. The summed E-state index contributed by atoms with van der Waals surface area (Å²) in [5, 5.41) is 19.2. The van der Waals surface area contributed by atoms with Gasteiger partial charge in [0.2, 0.25) is 0 Å². The van der Waals surface area contributed by atoms with Crippen molar-refractivity contribution in [3.63, 3.8) is 0 Å². The van der Waals surface area contributed by atoms with Crippen molar-refractivity contribution in [2.24, 2.45) is 11.8 Å². The van der Waals surface area contributed by atoms with Gasteiger partial charge in [0.25, 0.3) is 5.91 Å². The first kappa shape index (κ1) is 28.9. The molecule has 7 nitrogen and oxygen atoms in total. The fourth-order valence-electron chi connectivity index (χ4n) is 6.83. The fraction of sp³-hybridized carbons (Fsp3) is 0.364. The number of aliphatic hydroxyl groups excluding tert-OH is 1. The number of anilines is 1. The van der Waals surface area contributed by atoms with Gasteiger partial charge >= 0.3 is 0 Å². The van der Waals surface area contributed by atoms with Crippen LogP contribution in [0.1, 0.15) is 55.7 Å². The molecule has 42 heavy (non-hydrogen) atoms. The van der Waals surface area contributed by atoms with Crippen LogP contribution in [0.5, 0.6) is 0 Å². The number of rotatable bonds is 8. The number of aliphatic hydroxyl groups is 1. The number of nitrogens with zero attached hydrogens (tertiary/aromatic N) is 4. The maximum atomic E-state index is 16.0. The molecular weight excluding hydrogens is 646 g/mol. The smallest absolute Gasteiger partial charge is 0.264 e. The van der Waals surface area contributed by atoms with Crippen molar-refractivity contribution >= 4 is 34.2 Å². The van der Waals surface area contributed by atoms with Gasteiger partial charge in [0.1, 0.15) is 17.5 Å². The first-order chi connectivity index (χ1) is 20.1. The maximum Gasteiger partial charge on any atom is 0.264 e. The van der Waals surface area contributed by atoms with Crippen molar-refractivity contribution in [1.29, 1.82) is 0 Å². The molecule has 3 aromatic carbocycles. The predicted octanol–water partition coefficient (Wildman–Crippen LogP) is 6.20. The van der Waals surface area contributed by atoms with Gasteiger partial charge in [0.15, 0.2) is 5.60 Å². The van der Waals surface area contributed by atoms with Gasteiger partial charge in [-0.2, -0.15) is 0 Å². The van der Waals surface area contributed by atoms with Crippen LogP contribution in [0.3, 0.4) is 0 Å². The van der Waals surface area contributed by atoms with E-state index in [1.807, 2.05) is 85.8 Å². The second kappa shape index (κ2) is 11.2. The van der Waals surface area contributed by atoms with Crippen molar-refractivity contribution in [3.05, 3.63) is 111 Å². The summed E-state index contributed by atoms with van der Waals surface area (Å²) in [4.78, 5) is 16.2. The highest BCUT2D eigenvalue weighted by Gasteiger charge is 2.66. The number of benzene rings is 3. The van der Waals surface area contributed by atoms with Gasteiger partial charge in [0.05, 0.1) is 24.5 Å². The molecule has 1 amide bonds. The van der Waals surface area contributed by atoms with Crippen LogP contribution in [-0.4, -0.2) is 37.8 Å². The molecule has 0 aliphatic carbocycles. The Hall–Kier alpha value is -3.15. The van der Waals surface area contributed by atoms with Crippen LogP contribution in [0, 0.1) is 15.4 Å². The van der Waals surface area contributed by atoms with Gasteiger partial charge in [0, 0.05) is 27.5 Å². The number of amides is 1. The first-order valence-electron chi connectivity index (χ1n) is 14.3. The molecule has 2 aliphatic rings. The Morgan fingerprint density at radius 2 is 1.79 bits per heavy atom. The van der Waals surface area contributed by atoms with Crippen LogP contribution in [0.25, 0.3) is 0 Å². The average molecular weight is 681 g/mol. The molecule has 0 saturated carbocycles. The Kier molecular flexibility index (Phi) is 7.69. The topological polar surface area (TPSA) is 80.5 Å². The Labute approximate surface area is 258 Å². The maximum absolute atomic E-state index is 16.0. The second-order valence-electron chi connectivity index (χ2n) is 11.8. The third kappa shape index (κ3) is 5.05. The highest BCUT2D eigenvalue weighted by Crippen LogP contribution is 2.58. The van der Waals surface area contributed by atoms with Crippen molar-refractivity contribution in [2.45, 2.75) is 63.8 Å². The van der Waals surface area contributed by atoms with Crippen LogP contribution in [0.15, 0.2) is 85.1 Å². The zero-order valence-electron chi connectivity index (χ0n) is 23.8. The van der Waals surface area contributed by atoms with E-state index in [1.165, 1.54) is 0 Å². The van der Waals surface area contributed by atoms with Gasteiger partial charge in [-0.3, -0.25) is 9.48 Å². The molecule has 1 N–H and O–H groups in total. The number of ether oxygens (including phenoxy) is 1. The van der Waals surface area contributed by atoms with Crippen LogP contribution in [-0.2, 0) is 28.2 Å². The van der Waals surface area contributed by atoms with Gasteiger partial charge in [-0.1, -0.05) is 72.8 Å². The molecule has 4 aromatic rings. The molecule has 0 radical (unpaired) electrons. The molecule has 0 bridgehead atoms. The largest absolute Gasteiger partial charge is 0.382 e. The molecule has 6 rings (SSSR count). The number of carbonyl (C=O) groups excluding carboxylic acids is 1. The van der Waals surface area contributed by atoms with E-state index >= 15 is 4.39 Å². The summed E-state index contributed by atoms with van der Waals surface area (Å²) in [5.74, 6) is -1.11. The number of aromatic nitrogens is 3. The molecule has 3 heterocycles. The molecular formula is C33H34FIN4O3. The summed E-state index contributed by atoms with van der Waals surface area (Å²) in [7, 11) is 0. The minimum atomic E-state index is -1.60. The number of alkyl halides is 1. The van der Waals surface area contributed by atoms with Gasteiger partial charge in [-0.05, 0) is 72.2 Å². The van der Waals surface area contributed by atoms with E-state index in [-0.39, 0.29) is 5.91 Å². The summed E-state index contributed by atoms with van der Waals surface area (Å²) in [6, 6.07) is 25.1. The summed E-state index contributed by atoms with van der Waals surface area (Å²) in [6.45, 7) is 5.90. The number of aryl methyl sites for hydroxylation is 1. The van der Waals surface area contributed by atoms with Crippen molar-refractivity contribution in [3.8, 4) is 0 Å². The van der Waals surface area contributed by atoms with Crippen molar-refractivity contribution < 1.29 is 19.0 Å². The number of halogens is 2. The lowest BCUT2D eigenvalue weighted by atomic mass is 9.71. The van der Waals surface area contributed by atoms with Crippen LogP contribution in [0.2, 0.25) is 0 Å². The van der Waals surface area contributed by atoms with Crippen LogP contribution in [0.4, 0.5) is 10.1 Å². The summed E-state index contributed by atoms with van der Waals surface area (Å²) >= 11 is 2.25. The van der Waals surface area contributed by atoms with Crippen LogP contribution < -0.4 is 4.90 Å². The predicted molar refractivity (Wildman–Crippen MR) is 166 cm³/mol. The zero-order chi connectivity index (χ0) is 29.6. The van der Waals surface area contributed by atoms with E-state index in [2.05, 4.69) is 32.9 Å². The number of hydrogen-bond acceptors (Lipinski definition) is 5. The van der Waals surface area contributed by atoms with Gasteiger partial charge in [-0.25, -0.2) is 4.39 Å². The fourth-order valence-corrected chi connectivity index (χ4v) is 7.32. The highest BCUT2D eigenvalue weighted by molar-refractivity contribution is 14.1. The van der Waals surface area contributed by atoms with Gasteiger partial charge in [-0.15, -0.1) is 5.10 Å². The Bertz CT molecular complexity index is 1580. The minimum Gasteiger partial charge on any atom is -0.382 e. The lowest BCUT2D eigenvalue weighted by molar-refractivity contribution is -0.146. The molecule has 1 fully saturated rings. The molecule has 218 valence electrons. The number of carbonyl (C=O) groups is 1. The molecule has 5 atom stereocenters. The molecule has 0 unspecified atom stereocenters. The van der Waals surface area contributed by atoms with E-state index in [1.54, 1.807) is 29.6 Å². The standard InChI is InChI=1S/C33H34FIN4O3/c1-21-29(32(2,3)34)28(16-17-38-20-26(36-37-38)30(40)23-12-8-5-9-13-23)42-33(21)25-18-24(35)14-15-27(25)39(31(33)41)19-22-10-6-4-7-11-22/h4-15,18,20-21,28-30,40H,16-17,19H2,1-3H3/t21-,28+,29-,30+,33+/m0/s1. The summed E-state index contributed by atoms with van der Waals surface area (Å²) in [5.41, 5.74) is 0.896. The van der Waals surface area contributed by atoms with E-state index in [0.29, 0.717) is 25.2 Å². The van der Waals surface area contributed by atoms with E-state index < -0.39 is 35.3 Å². The van der Waals surface area contributed by atoms with Crippen molar-refractivity contribution in [2.75, 3.05) is 4.90 Å². The van der Waals surface area contributed by atoms with Crippen LogP contribution >= 0.6 is 22.6 Å². The lowest BCUT2D eigenvalue weighted by Gasteiger charge is -2.32. The molecule has 1 spiro atoms. The molecule has 2 aliphatic heterocycles. The second-order valence-corrected chi connectivity index (χ2v) is 13.1. The normalized spacial score (nSPS) is 24.4. The van der Waals surface area contributed by atoms with Crippen molar-refractivity contribution in [1.82, 2.24) is 15.0 Å². The molecule has 1 aromatic heterocycles. The minimum absolute atomic E-state index is 0.151. The molecule has 9 heteroatoms. The number of fused-ring (bicyclic) bond motifs is 2. The summed E-state index contributed by atoms with van der Waals surface area (Å²) < 4.78 is 25.5. The number of hydrogen-bond donors (Lipinski definition) is 1. The lowest BCUT2D eigenvalue weighted by Crippen LogP contribution is -2.45.